The Morgan fingerprint density at radius 3 is 2.43 bits per heavy atom. The summed E-state index contributed by atoms with van der Waals surface area (Å²) in [4.78, 5) is 29.2. The largest absolute Gasteiger partial charge is 0.292 e. The van der Waals surface area contributed by atoms with Crippen molar-refractivity contribution in [3.8, 4) is 16.9 Å². The first-order valence-electron chi connectivity index (χ1n) is 9.59. The molecule has 0 atom stereocenters. The van der Waals surface area contributed by atoms with Gasteiger partial charge in [-0.05, 0) is 37.7 Å². The molecule has 2 heterocycles. The van der Waals surface area contributed by atoms with Gasteiger partial charge in [0.05, 0.1) is 24.1 Å². The molecule has 2 amide bonds. The third-order valence-corrected chi connectivity index (χ3v) is 5.16. The normalized spacial score (nSPS) is 13.5. The molecule has 0 aliphatic carbocycles. The fourth-order valence-corrected chi connectivity index (χ4v) is 3.82. The number of hydrogen-bond donors (Lipinski definition) is 0. The lowest BCUT2D eigenvalue weighted by atomic mass is 9.93. The van der Waals surface area contributed by atoms with Crippen molar-refractivity contribution in [2.45, 2.75) is 0 Å². The maximum Gasteiger partial charge on any atom is 0.262 e. The first-order chi connectivity index (χ1) is 14.5. The van der Waals surface area contributed by atoms with Crippen molar-refractivity contribution in [2.24, 2.45) is 0 Å². The average molecular weight is 397 g/mol. The average Bonchev–Trinajstić information content (AvgIpc) is 3.25. The molecule has 1 aliphatic heterocycles. The van der Waals surface area contributed by atoms with Crippen LogP contribution in [0.15, 0.2) is 66.9 Å². The zero-order valence-corrected chi connectivity index (χ0v) is 16.6. The van der Waals surface area contributed by atoms with Crippen molar-refractivity contribution in [1.82, 2.24) is 24.8 Å². The number of hydrogen-bond acceptors (Lipinski definition) is 5. The van der Waals surface area contributed by atoms with Gasteiger partial charge in [-0.3, -0.25) is 19.4 Å². The summed E-state index contributed by atoms with van der Waals surface area (Å²) in [7, 11) is 3.65. The second-order valence-electron chi connectivity index (χ2n) is 7.57. The van der Waals surface area contributed by atoms with E-state index in [1.165, 1.54) is 4.90 Å². The Kier molecular flexibility index (Phi) is 4.18. The van der Waals surface area contributed by atoms with E-state index in [9.17, 15) is 9.59 Å². The van der Waals surface area contributed by atoms with Gasteiger partial charge in [-0.1, -0.05) is 47.7 Å². The number of carbonyl (C=O) groups is 2. The van der Waals surface area contributed by atoms with E-state index in [1.54, 1.807) is 21.7 Å². The summed E-state index contributed by atoms with van der Waals surface area (Å²) in [6.07, 6.45) is 1.84. The highest BCUT2D eigenvalue weighted by Crippen LogP contribution is 2.32. The van der Waals surface area contributed by atoms with Crippen LogP contribution in [0, 0.1) is 0 Å². The molecule has 7 heteroatoms. The number of imide groups is 1. The van der Waals surface area contributed by atoms with Crippen molar-refractivity contribution < 1.29 is 9.59 Å². The second kappa shape index (κ2) is 6.89. The van der Waals surface area contributed by atoms with E-state index in [-0.39, 0.29) is 18.5 Å². The van der Waals surface area contributed by atoms with Gasteiger partial charge in [-0.15, -0.1) is 5.10 Å². The van der Waals surface area contributed by atoms with E-state index in [0.717, 1.165) is 22.3 Å². The molecule has 148 valence electrons. The van der Waals surface area contributed by atoms with Crippen LogP contribution in [0.25, 0.3) is 27.7 Å². The van der Waals surface area contributed by atoms with E-state index in [2.05, 4.69) is 10.3 Å². The molecule has 1 aliphatic rings. The fraction of sp³-hybridized carbons (Fsp3) is 0.130. The van der Waals surface area contributed by atoms with Crippen molar-refractivity contribution in [3.63, 3.8) is 0 Å². The van der Waals surface area contributed by atoms with Crippen LogP contribution in [0.3, 0.4) is 0 Å². The Morgan fingerprint density at radius 1 is 0.900 bits per heavy atom. The number of nitrogens with zero attached hydrogens (tertiary/aromatic N) is 5. The van der Waals surface area contributed by atoms with Crippen LogP contribution in [0.4, 0.5) is 0 Å². The molecule has 0 radical (unpaired) electrons. The van der Waals surface area contributed by atoms with Crippen molar-refractivity contribution >= 4 is 22.6 Å². The molecule has 3 aromatic carbocycles. The Labute approximate surface area is 173 Å². The lowest BCUT2D eigenvalue weighted by Gasteiger charge is -2.29. The maximum atomic E-state index is 13.2. The molecule has 1 aromatic heterocycles. The van der Waals surface area contributed by atoms with E-state index in [4.69, 9.17) is 0 Å². The van der Waals surface area contributed by atoms with Gasteiger partial charge in [-0.25, -0.2) is 4.68 Å². The van der Waals surface area contributed by atoms with Crippen molar-refractivity contribution in [3.05, 3.63) is 78.0 Å². The monoisotopic (exact) mass is 397 g/mol. The molecule has 5 rings (SSSR count). The minimum absolute atomic E-state index is 0.221. The summed E-state index contributed by atoms with van der Waals surface area (Å²) < 4.78 is 1.66. The zero-order valence-electron chi connectivity index (χ0n) is 16.6. The minimum atomic E-state index is -0.303. The van der Waals surface area contributed by atoms with Crippen LogP contribution >= 0.6 is 0 Å². The Hall–Kier alpha value is -3.84. The highest BCUT2D eigenvalue weighted by atomic mass is 16.2. The van der Waals surface area contributed by atoms with Gasteiger partial charge < -0.3 is 0 Å². The second-order valence-corrected chi connectivity index (χ2v) is 7.57. The first kappa shape index (κ1) is 18.2. The molecular weight excluding hydrogens is 378 g/mol. The van der Waals surface area contributed by atoms with Crippen LogP contribution in [0.2, 0.25) is 0 Å². The smallest absolute Gasteiger partial charge is 0.262 e. The van der Waals surface area contributed by atoms with E-state index in [0.29, 0.717) is 16.5 Å². The van der Waals surface area contributed by atoms with Crippen LogP contribution in [0.1, 0.15) is 20.7 Å². The van der Waals surface area contributed by atoms with E-state index >= 15 is 0 Å². The third kappa shape index (κ3) is 2.87. The molecule has 0 N–H and O–H groups in total. The van der Waals surface area contributed by atoms with Gasteiger partial charge in [0.15, 0.2) is 0 Å². The molecule has 0 saturated carbocycles. The molecule has 4 aromatic rings. The topological polar surface area (TPSA) is 71.3 Å². The Morgan fingerprint density at radius 2 is 1.67 bits per heavy atom. The summed E-state index contributed by atoms with van der Waals surface area (Å²) >= 11 is 0. The highest BCUT2D eigenvalue weighted by Gasteiger charge is 2.33. The van der Waals surface area contributed by atoms with Gasteiger partial charge >= 0.3 is 0 Å². The van der Waals surface area contributed by atoms with Crippen LogP contribution in [0.5, 0.6) is 0 Å². The molecule has 0 spiro atoms. The van der Waals surface area contributed by atoms with Crippen molar-refractivity contribution in [2.75, 3.05) is 20.8 Å². The first-order valence-corrected chi connectivity index (χ1v) is 9.59. The summed E-state index contributed by atoms with van der Waals surface area (Å²) in [6.45, 7) is 0.221. The molecule has 7 nitrogen and oxygen atoms in total. The van der Waals surface area contributed by atoms with Crippen LogP contribution < -0.4 is 0 Å². The number of aromatic nitrogens is 3. The van der Waals surface area contributed by atoms with Gasteiger partial charge in [0.2, 0.25) is 0 Å². The number of amides is 2. The SMILES string of the molecule is CN(C)CN1C(=O)c2cccc3cc(-n4cc(-c5ccccc5)nn4)cc(c23)C1=O. The predicted octanol–water partition coefficient (Wildman–Crippen LogP) is 3.20. The van der Waals surface area contributed by atoms with Crippen molar-refractivity contribution in [1.29, 1.82) is 0 Å². The number of benzene rings is 3. The van der Waals surface area contributed by atoms with E-state index < -0.39 is 0 Å². The summed E-state index contributed by atoms with van der Waals surface area (Å²) in [5, 5.41) is 10.0. The molecule has 0 saturated heterocycles. The predicted molar refractivity (Wildman–Crippen MR) is 113 cm³/mol. The molecule has 0 bridgehead atoms. The summed E-state index contributed by atoms with van der Waals surface area (Å²) in [5.74, 6) is -0.575. The standard InChI is InChI=1S/C23H19N5O2/c1-26(2)14-27-22(29)18-10-6-9-16-11-17(12-19(21(16)18)23(27)30)28-13-20(24-25-28)15-7-4-3-5-8-15/h3-13H,14H2,1-2H3. The summed E-state index contributed by atoms with van der Waals surface area (Å²) in [6, 6.07) is 19.0. The van der Waals surface area contributed by atoms with E-state index in [1.807, 2.05) is 68.8 Å². The van der Waals surface area contributed by atoms with Gasteiger partial charge in [0.1, 0.15) is 5.69 Å². The molecule has 0 unspecified atom stereocenters. The third-order valence-electron chi connectivity index (χ3n) is 5.16. The summed E-state index contributed by atoms with van der Waals surface area (Å²) in [5.41, 5.74) is 3.47. The zero-order chi connectivity index (χ0) is 20.8. The van der Waals surface area contributed by atoms with Gasteiger partial charge in [0, 0.05) is 16.5 Å². The lowest BCUT2D eigenvalue weighted by molar-refractivity contribution is 0.0539. The molecule has 0 fully saturated rings. The molecular formula is C23H19N5O2. The van der Waals surface area contributed by atoms with Crippen LogP contribution in [-0.4, -0.2) is 57.4 Å². The number of carbonyl (C=O) groups excluding carboxylic acids is 2. The Bertz CT molecular complexity index is 1290. The van der Waals surface area contributed by atoms with Gasteiger partial charge in [0.25, 0.3) is 11.8 Å². The number of rotatable bonds is 4. The Balaban J connectivity index is 1.65. The maximum absolute atomic E-state index is 13.2. The van der Waals surface area contributed by atoms with Gasteiger partial charge in [-0.2, -0.15) is 0 Å². The highest BCUT2D eigenvalue weighted by molar-refractivity contribution is 6.25. The quantitative estimate of drug-likeness (QED) is 0.495. The fourth-order valence-electron chi connectivity index (χ4n) is 3.82. The minimum Gasteiger partial charge on any atom is -0.292 e. The lowest BCUT2D eigenvalue weighted by Crippen LogP contribution is -2.45. The molecule has 30 heavy (non-hydrogen) atoms. The van der Waals surface area contributed by atoms with Crippen LogP contribution in [-0.2, 0) is 0 Å².